The van der Waals surface area contributed by atoms with Crippen LogP contribution >= 0.6 is 0 Å². The zero-order chi connectivity index (χ0) is 14.4. The topological polar surface area (TPSA) is 61.4 Å². The summed E-state index contributed by atoms with van der Waals surface area (Å²) in [5.41, 5.74) is 1.23. The fourth-order valence-corrected chi connectivity index (χ4v) is 2.29. The van der Waals surface area contributed by atoms with E-state index in [1.807, 2.05) is 30.0 Å². The quantitative estimate of drug-likeness (QED) is 0.805. The van der Waals surface area contributed by atoms with Crippen LogP contribution in [-0.2, 0) is 16.0 Å². The molecule has 0 saturated carbocycles. The van der Waals surface area contributed by atoms with Crippen molar-refractivity contribution in [1.29, 1.82) is 0 Å². The molecule has 5 nitrogen and oxygen atoms in total. The van der Waals surface area contributed by atoms with Crippen molar-refractivity contribution in [2.24, 2.45) is 0 Å². The Morgan fingerprint density at radius 2 is 2.10 bits per heavy atom. The van der Waals surface area contributed by atoms with Crippen LogP contribution in [0.5, 0.6) is 0 Å². The summed E-state index contributed by atoms with van der Waals surface area (Å²) in [4.78, 5) is 25.3. The Kier molecular flexibility index (Phi) is 5.12. The highest BCUT2D eigenvalue weighted by Gasteiger charge is 2.26. The summed E-state index contributed by atoms with van der Waals surface area (Å²) in [5.74, 6) is 0.00446. The van der Waals surface area contributed by atoms with Crippen molar-refractivity contribution in [3.8, 4) is 0 Å². The van der Waals surface area contributed by atoms with Crippen LogP contribution < -0.4 is 10.6 Å². The first-order valence-electron chi connectivity index (χ1n) is 7.03. The van der Waals surface area contributed by atoms with Gasteiger partial charge in [0.05, 0.1) is 6.54 Å². The van der Waals surface area contributed by atoms with Crippen molar-refractivity contribution in [3.05, 3.63) is 35.9 Å². The van der Waals surface area contributed by atoms with Gasteiger partial charge in [0, 0.05) is 19.6 Å². The van der Waals surface area contributed by atoms with E-state index in [0.717, 1.165) is 6.42 Å². The van der Waals surface area contributed by atoms with Crippen LogP contribution in [0, 0.1) is 0 Å². The van der Waals surface area contributed by atoms with E-state index in [4.69, 9.17) is 0 Å². The molecule has 0 bridgehead atoms. The lowest BCUT2D eigenvalue weighted by Gasteiger charge is -2.29. The molecule has 1 aliphatic heterocycles. The van der Waals surface area contributed by atoms with E-state index >= 15 is 0 Å². The lowest BCUT2D eigenvalue weighted by atomic mass is 10.1. The zero-order valence-corrected chi connectivity index (χ0v) is 11.8. The summed E-state index contributed by atoms with van der Waals surface area (Å²) >= 11 is 0. The number of rotatable bonds is 5. The molecule has 1 saturated heterocycles. The molecular formula is C15H21N3O2. The molecule has 108 valence electrons. The third-order valence-corrected chi connectivity index (χ3v) is 3.52. The Bertz CT molecular complexity index is 451. The number of piperazine rings is 1. The molecule has 1 atom stereocenters. The first kappa shape index (κ1) is 14.5. The molecule has 0 aliphatic carbocycles. The van der Waals surface area contributed by atoms with Gasteiger partial charge in [0.1, 0.15) is 6.04 Å². The van der Waals surface area contributed by atoms with E-state index in [1.54, 1.807) is 0 Å². The van der Waals surface area contributed by atoms with Crippen LogP contribution in [0.3, 0.4) is 0 Å². The van der Waals surface area contributed by atoms with E-state index in [1.165, 1.54) is 5.56 Å². The molecule has 2 N–H and O–H groups in total. The minimum absolute atomic E-state index is 0.0543. The van der Waals surface area contributed by atoms with Gasteiger partial charge in [0.2, 0.25) is 11.8 Å². The van der Waals surface area contributed by atoms with Gasteiger partial charge in [-0.2, -0.15) is 0 Å². The largest absolute Gasteiger partial charge is 0.353 e. The van der Waals surface area contributed by atoms with Crippen LogP contribution in [0.4, 0.5) is 0 Å². The lowest BCUT2D eigenvalue weighted by molar-refractivity contribution is -0.134. The van der Waals surface area contributed by atoms with E-state index in [0.29, 0.717) is 19.6 Å². The lowest BCUT2D eigenvalue weighted by Crippen LogP contribution is -2.58. The van der Waals surface area contributed by atoms with E-state index in [-0.39, 0.29) is 24.4 Å². The molecule has 0 aromatic heterocycles. The highest BCUT2D eigenvalue weighted by atomic mass is 16.2. The monoisotopic (exact) mass is 275 g/mol. The highest BCUT2D eigenvalue weighted by molar-refractivity contribution is 5.86. The number of hydrogen-bond donors (Lipinski definition) is 2. The fourth-order valence-electron chi connectivity index (χ4n) is 2.29. The molecule has 1 fully saturated rings. The molecule has 1 unspecified atom stereocenters. The number of likely N-dealkylation sites (N-methyl/N-ethyl adjacent to an activating group) is 1. The summed E-state index contributed by atoms with van der Waals surface area (Å²) in [6.07, 6.45) is 0.847. The SMILES string of the molecule is CCN(CCc1ccccc1)C(=O)C1CNC(=O)CN1. The Balaban J connectivity index is 1.87. The zero-order valence-electron chi connectivity index (χ0n) is 11.8. The summed E-state index contributed by atoms with van der Waals surface area (Å²) in [5, 5.41) is 5.70. The first-order chi connectivity index (χ1) is 9.70. The molecule has 0 radical (unpaired) electrons. The molecule has 2 amide bonds. The van der Waals surface area contributed by atoms with Crippen molar-refractivity contribution in [2.75, 3.05) is 26.2 Å². The van der Waals surface area contributed by atoms with Gasteiger partial charge in [-0.05, 0) is 18.9 Å². The van der Waals surface area contributed by atoms with E-state index in [9.17, 15) is 9.59 Å². The van der Waals surface area contributed by atoms with Gasteiger partial charge < -0.3 is 10.2 Å². The second-order valence-electron chi connectivity index (χ2n) is 4.89. The second-order valence-corrected chi connectivity index (χ2v) is 4.89. The number of benzene rings is 1. The molecule has 1 aliphatic rings. The van der Waals surface area contributed by atoms with Crippen molar-refractivity contribution in [2.45, 2.75) is 19.4 Å². The predicted molar refractivity (Wildman–Crippen MR) is 77.2 cm³/mol. The number of carbonyl (C=O) groups excluding carboxylic acids is 2. The number of carbonyl (C=O) groups is 2. The maximum Gasteiger partial charge on any atom is 0.241 e. The summed E-state index contributed by atoms with van der Waals surface area (Å²) in [6, 6.07) is 9.83. The van der Waals surface area contributed by atoms with Crippen molar-refractivity contribution >= 4 is 11.8 Å². The van der Waals surface area contributed by atoms with Gasteiger partial charge in [-0.25, -0.2) is 0 Å². The van der Waals surface area contributed by atoms with Crippen LogP contribution in [0.1, 0.15) is 12.5 Å². The Morgan fingerprint density at radius 3 is 2.70 bits per heavy atom. The van der Waals surface area contributed by atoms with Gasteiger partial charge in [-0.3, -0.25) is 14.9 Å². The maximum atomic E-state index is 12.4. The molecule has 1 heterocycles. The fraction of sp³-hybridized carbons (Fsp3) is 0.467. The predicted octanol–water partition coefficient (Wildman–Crippen LogP) is 0.166. The molecular weight excluding hydrogens is 254 g/mol. The number of amides is 2. The van der Waals surface area contributed by atoms with E-state index < -0.39 is 0 Å². The average Bonchev–Trinajstić information content (AvgIpc) is 2.49. The number of nitrogens with zero attached hydrogens (tertiary/aromatic N) is 1. The Morgan fingerprint density at radius 1 is 1.35 bits per heavy atom. The average molecular weight is 275 g/mol. The third-order valence-electron chi connectivity index (χ3n) is 3.52. The van der Waals surface area contributed by atoms with Crippen molar-refractivity contribution in [3.63, 3.8) is 0 Å². The van der Waals surface area contributed by atoms with Crippen molar-refractivity contribution < 1.29 is 9.59 Å². The first-order valence-corrected chi connectivity index (χ1v) is 7.03. The Hall–Kier alpha value is -1.88. The summed E-state index contributed by atoms with van der Waals surface area (Å²) in [7, 11) is 0. The van der Waals surface area contributed by atoms with Gasteiger partial charge in [-0.15, -0.1) is 0 Å². The van der Waals surface area contributed by atoms with Crippen LogP contribution in [0.2, 0.25) is 0 Å². The van der Waals surface area contributed by atoms with E-state index in [2.05, 4.69) is 22.8 Å². The maximum absolute atomic E-state index is 12.4. The molecule has 1 aromatic rings. The van der Waals surface area contributed by atoms with Crippen LogP contribution in [0.25, 0.3) is 0 Å². The van der Waals surface area contributed by atoms with Gasteiger partial charge >= 0.3 is 0 Å². The second kappa shape index (κ2) is 7.05. The summed E-state index contributed by atoms with van der Waals surface area (Å²) in [6.45, 7) is 3.94. The molecule has 20 heavy (non-hydrogen) atoms. The molecule has 2 rings (SSSR count). The van der Waals surface area contributed by atoms with Crippen molar-refractivity contribution in [1.82, 2.24) is 15.5 Å². The third kappa shape index (κ3) is 3.81. The Labute approximate surface area is 119 Å². The molecule has 1 aromatic carbocycles. The number of nitrogens with one attached hydrogen (secondary N) is 2. The highest BCUT2D eigenvalue weighted by Crippen LogP contribution is 2.04. The van der Waals surface area contributed by atoms with Gasteiger partial charge in [0.25, 0.3) is 0 Å². The molecule has 0 spiro atoms. The molecule has 5 heteroatoms. The van der Waals surface area contributed by atoms with Crippen LogP contribution in [-0.4, -0.2) is 48.9 Å². The van der Waals surface area contributed by atoms with Gasteiger partial charge in [0.15, 0.2) is 0 Å². The smallest absolute Gasteiger partial charge is 0.241 e. The number of hydrogen-bond acceptors (Lipinski definition) is 3. The standard InChI is InChI=1S/C15H21N3O2/c1-2-18(9-8-12-6-4-3-5-7-12)15(20)13-10-17-14(19)11-16-13/h3-7,13,16H,2,8-11H2,1H3,(H,17,19). The summed E-state index contributed by atoms with van der Waals surface area (Å²) < 4.78 is 0. The minimum Gasteiger partial charge on any atom is -0.353 e. The van der Waals surface area contributed by atoms with Gasteiger partial charge in [-0.1, -0.05) is 30.3 Å². The van der Waals surface area contributed by atoms with Crippen LogP contribution in [0.15, 0.2) is 30.3 Å². The normalized spacial score (nSPS) is 18.4. The minimum atomic E-state index is -0.302.